The molecule has 13 heteroatoms. The Morgan fingerprint density at radius 1 is 0.933 bits per heavy atom. The SMILES string of the molecule is CC(C)(C)OC(=O)NC(=N)c1cccc(C(=O)N(CC(=O)O)c2ccccc2)c1.NC(=O)N1CCN(c2ccc(Cl)cc2)CC1. The summed E-state index contributed by atoms with van der Waals surface area (Å²) in [7, 11) is 0. The lowest BCUT2D eigenvalue weighted by molar-refractivity contribution is -0.135. The Hall–Kier alpha value is -5.10. The topological polar surface area (TPSA) is 169 Å². The number of carbonyl (C=O) groups is 4. The van der Waals surface area contributed by atoms with Gasteiger partial charge in [-0.25, -0.2) is 9.59 Å². The summed E-state index contributed by atoms with van der Waals surface area (Å²) in [5.41, 5.74) is 6.55. The van der Waals surface area contributed by atoms with Crippen LogP contribution in [0.5, 0.6) is 0 Å². The second-order valence-corrected chi connectivity index (χ2v) is 11.4. The summed E-state index contributed by atoms with van der Waals surface area (Å²) < 4.78 is 5.12. The quantitative estimate of drug-likeness (QED) is 0.222. The number of amidine groups is 1. The maximum Gasteiger partial charge on any atom is 0.413 e. The number of hydrogen-bond donors (Lipinski definition) is 4. The average molecular weight is 637 g/mol. The number of anilines is 2. The van der Waals surface area contributed by atoms with Crippen molar-refractivity contribution in [3.05, 3.63) is 95.0 Å². The number of primary amides is 1. The third-order valence-electron chi connectivity index (χ3n) is 6.41. The molecule has 0 saturated carbocycles. The lowest BCUT2D eigenvalue weighted by Gasteiger charge is -2.35. The van der Waals surface area contributed by atoms with Gasteiger partial charge in [0, 0.05) is 53.7 Å². The lowest BCUT2D eigenvalue weighted by atomic mass is 10.1. The fraction of sp³-hybridized carbons (Fsp3) is 0.281. The van der Waals surface area contributed by atoms with Crippen molar-refractivity contribution < 1.29 is 29.0 Å². The van der Waals surface area contributed by atoms with Crippen molar-refractivity contribution in [3.8, 4) is 0 Å². The van der Waals surface area contributed by atoms with Crippen LogP contribution in [-0.2, 0) is 9.53 Å². The molecule has 1 heterocycles. The number of amides is 4. The van der Waals surface area contributed by atoms with Gasteiger partial charge in [-0.15, -0.1) is 0 Å². The molecule has 5 N–H and O–H groups in total. The molecule has 4 rings (SSSR count). The molecular formula is C32H37ClN6O6. The molecule has 0 aromatic heterocycles. The van der Waals surface area contributed by atoms with Crippen LogP contribution in [0.25, 0.3) is 0 Å². The molecule has 4 amide bonds. The Labute approximate surface area is 266 Å². The predicted molar refractivity (Wildman–Crippen MR) is 173 cm³/mol. The Morgan fingerprint density at radius 3 is 2.09 bits per heavy atom. The van der Waals surface area contributed by atoms with E-state index in [1.807, 2.05) is 24.3 Å². The number of carboxylic acid groups (broad SMARTS) is 1. The minimum absolute atomic E-state index is 0.184. The van der Waals surface area contributed by atoms with E-state index in [4.69, 9.17) is 27.5 Å². The number of para-hydroxylation sites is 1. The Kier molecular flexibility index (Phi) is 11.9. The number of alkyl carbamates (subject to hydrolysis) is 1. The molecule has 1 aliphatic heterocycles. The summed E-state index contributed by atoms with van der Waals surface area (Å²) in [5, 5.41) is 20.3. The van der Waals surface area contributed by atoms with Crippen LogP contribution in [0, 0.1) is 5.41 Å². The normalized spacial score (nSPS) is 12.7. The minimum Gasteiger partial charge on any atom is -0.480 e. The van der Waals surface area contributed by atoms with Crippen LogP contribution < -0.4 is 20.9 Å². The van der Waals surface area contributed by atoms with Crippen LogP contribution in [0.1, 0.15) is 36.7 Å². The summed E-state index contributed by atoms with van der Waals surface area (Å²) in [6.07, 6.45) is -0.781. The monoisotopic (exact) mass is 636 g/mol. The molecule has 0 radical (unpaired) electrons. The molecule has 45 heavy (non-hydrogen) atoms. The van der Waals surface area contributed by atoms with Gasteiger partial charge in [0.1, 0.15) is 18.0 Å². The van der Waals surface area contributed by atoms with Gasteiger partial charge in [0.15, 0.2) is 0 Å². The number of carboxylic acids is 1. The molecule has 0 bridgehead atoms. The van der Waals surface area contributed by atoms with Gasteiger partial charge in [0.05, 0.1) is 0 Å². The number of carbonyl (C=O) groups excluding carboxylic acids is 3. The van der Waals surface area contributed by atoms with Gasteiger partial charge in [-0.3, -0.25) is 25.2 Å². The number of piperazine rings is 1. The number of nitrogens with zero attached hydrogens (tertiary/aromatic N) is 3. The largest absolute Gasteiger partial charge is 0.480 e. The lowest BCUT2D eigenvalue weighted by Crippen LogP contribution is -2.50. The van der Waals surface area contributed by atoms with Gasteiger partial charge in [0.2, 0.25) is 0 Å². The minimum atomic E-state index is -1.15. The van der Waals surface area contributed by atoms with E-state index in [9.17, 15) is 24.3 Å². The highest BCUT2D eigenvalue weighted by atomic mass is 35.5. The highest BCUT2D eigenvalue weighted by Crippen LogP contribution is 2.20. The number of rotatable bonds is 6. The zero-order valence-corrected chi connectivity index (χ0v) is 26.1. The van der Waals surface area contributed by atoms with E-state index in [0.29, 0.717) is 18.8 Å². The molecule has 3 aromatic carbocycles. The van der Waals surface area contributed by atoms with Gasteiger partial charge >= 0.3 is 18.1 Å². The van der Waals surface area contributed by atoms with Crippen LogP contribution in [0.4, 0.5) is 21.0 Å². The van der Waals surface area contributed by atoms with Gasteiger partial charge in [-0.05, 0) is 69.3 Å². The van der Waals surface area contributed by atoms with E-state index in [2.05, 4.69) is 10.2 Å². The van der Waals surface area contributed by atoms with Crippen LogP contribution in [-0.4, -0.2) is 78.2 Å². The van der Waals surface area contributed by atoms with E-state index in [1.54, 1.807) is 68.1 Å². The first-order chi connectivity index (χ1) is 21.2. The standard InChI is InChI=1S/C21H23N3O5.C11H14ClN3O/c1-21(2,3)29-20(28)23-18(22)14-8-7-9-15(12-14)19(27)24(13-17(25)26)16-10-5-4-6-11-16;12-9-1-3-10(4-2-9)14-5-7-15(8-6-14)11(13)16/h4-12H,13H2,1-3H3,(H,25,26)(H2,22,23,28);1-4H,5-8H2,(H2,13,16). The first-order valence-electron chi connectivity index (χ1n) is 14.1. The maximum absolute atomic E-state index is 12.9. The molecule has 3 aromatic rings. The summed E-state index contributed by atoms with van der Waals surface area (Å²) in [6.45, 7) is 7.58. The number of aliphatic carboxylic acids is 1. The number of ether oxygens (including phenoxy) is 1. The van der Waals surface area contributed by atoms with Crippen LogP contribution in [0.15, 0.2) is 78.9 Å². The van der Waals surface area contributed by atoms with Crippen LogP contribution in [0.3, 0.4) is 0 Å². The molecule has 1 aliphatic rings. The first-order valence-corrected chi connectivity index (χ1v) is 14.4. The van der Waals surface area contributed by atoms with E-state index in [0.717, 1.165) is 28.7 Å². The summed E-state index contributed by atoms with van der Waals surface area (Å²) in [6, 6.07) is 21.9. The van der Waals surface area contributed by atoms with Crippen LogP contribution >= 0.6 is 11.6 Å². The van der Waals surface area contributed by atoms with E-state index < -0.39 is 30.1 Å². The first kappa shape index (κ1) is 34.4. The van der Waals surface area contributed by atoms with E-state index in [-0.39, 0.29) is 23.0 Å². The van der Waals surface area contributed by atoms with Crippen molar-refractivity contribution in [3.63, 3.8) is 0 Å². The smallest absolute Gasteiger partial charge is 0.413 e. The Bertz CT molecular complexity index is 1500. The zero-order chi connectivity index (χ0) is 33.1. The Balaban J connectivity index is 0.000000289. The van der Waals surface area contributed by atoms with Crippen molar-refractivity contribution in [1.82, 2.24) is 10.2 Å². The van der Waals surface area contributed by atoms with Crippen molar-refractivity contribution in [2.45, 2.75) is 26.4 Å². The number of urea groups is 1. The number of nitrogens with one attached hydrogen (secondary N) is 2. The maximum atomic E-state index is 12.9. The molecule has 1 fully saturated rings. The van der Waals surface area contributed by atoms with Crippen LogP contribution in [0.2, 0.25) is 5.02 Å². The van der Waals surface area contributed by atoms with Gasteiger partial charge in [-0.1, -0.05) is 41.9 Å². The molecule has 0 atom stereocenters. The molecule has 12 nitrogen and oxygen atoms in total. The number of benzene rings is 3. The van der Waals surface area contributed by atoms with Crippen molar-refractivity contribution in [1.29, 1.82) is 5.41 Å². The van der Waals surface area contributed by atoms with E-state index in [1.165, 1.54) is 12.1 Å². The molecule has 1 saturated heterocycles. The van der Waals surface area contributed by atoms with Crippen molar-refractivity contribution >= 4 is 52.8 Å². The number of nitrogens with two attached hydrogens (primary N) is 1. The summed E-state index contributed by atoms with van der Waals surface area (Å²) >= 11 is 5.83. The van der Waals surface area contributed by atoms with Gasteiger partial charge < -0.3 is 25.4 Å². The molecule has 238 valence electrons. The van der Waals surface area contributed by atoms with Gasteiger partial charge in [0.25, 0.3) is 5.91 Å². The highest BCUT2D eigenvalue weighted by Gasteiger charge is 2.22. The fourth-order valence-corrected chi connectivity index (χ4v) is 4.43. The van der Waals surface area contributed by atoms with Crippen molar-refractivity contribution in [2.75, 3.05) is 42.5 Å². The highest BCUT2D eigenvalue weighted by molar-refractivity contribution is 6.30. The fourth-order valence-electron chi connectivity index (χ4n) is 4.30. The zero-order valence-electron chi connectivity index (χ0n) is 25.3. The van der Waals surface area contributed by atoms with E-state index >= 15 is 0 Å². The molecule has 0 spiro atoms. The predicted octanol–water partition coefficient (Wildman–Crippen LogP) is 4.81. The number of halogens is 1. The summed E-state index contributed by atoms with van der Waals surface area (Å²) in [4.78, 5) is 52.0. The number of hydrogen-bond acceptors (Lipinski definition) is 7. The summed E-state index contributed by atoms with van der Waals surface area (Å²) in [5.74, 6) is -1.93. The van der Waals surface area contributed by atoms with Gasteiger partial charge in [-0.2, -0.15) is 0 Å². The molecular weight excluding hydrogens is 600 g/mol. The second-order valence-electron chi connectivity index (χ2n) is 11.0. The molecule has 0 unspecified atom stereocenters. The molecule has 0 aliphatic carbocycles. The Morgan fingerprint density at radius 2 is 1.53 bits per heavy atom. The third-order valence-corrected chi connectivity index (χ3v) is 6.67. The second kappa shape index (κ2) is 15.6. The van der Waals surface area contributed by atoms with Crippen molar-refractivity contribution in [2.24, 2.45) is 5.73 Å². The average Bonchev–Trinajstić information content (AvgIpc) is 3.00. The third kappa shape index (κ3) is 10.8.